The molecule has 0 bridgehead atoms. The van der Waals surface area contributed by atoms with E-state index >= 15 is 0 Å². The van der Waals surface area contributed by atoms with Crippen LogP contribution in [0.3, 0.4) is 0 Å². The van der Waals surface area contributed by atoms with Crippen LogP contribution in [-0.2, 0) is 20.7 Å². The van der Waals surface area contributed by atoms with Gasteiger partial charge < -0.3 is 25.4 Å². The molecule has 0 spiro atoms. The molecule has 2 atom stereocenters. The first-order chi connectivity index (χ1) is 20.9. The van der Waals surface area contributed by atoms with Crippen LogP contribution in [0.4, 0.5) is 4.79 Å². The first-order valence-corrected chi connectivity index (χ1v) is 16.4. The highest BCUT2D eigenvalue weighted by atomic mass is 16.6. The van der Waals surface area contributed by atoms with Crippen LogP contribution in [-0.4, -0.2) is 52.6 Å². The van der Waals surface area contributed by atoms with Crippen LogP contribution in [0.1, 0.15) is 115 Å². The van der Waals surface area contributed by atoms with Crippen LogP contribution in [0, 0.1) is 6.92 Å². The molecule has 0 saturated heterocycles. The molecule has 0 aromatic heterocycles. The molecule has 0 aliphatic heterocycles. The van der Waals surface area contributed by atoms with E-state index in [9.17, 15) is 19.5 Å². The number of nitrogens with zero attached hydrogens (tertiary/aromatic N) is 1. The highest BCUT2D eigenvalue weighted by Gasteiger charge is 2.36. The van der Waals surface area contributed by atoms with E-state index < -0.39 is 23.8 Å². The van der Waals surface area contributed by atoms with Crippen LogP contribution in [0.25, 0.3) is 0 Å². The summed E-state index contributed by atoms with van der Waals surface area (Å²) in [7, 11) is 0. The number of hydrogen-bond donors (Lipinski definition) is 3. The monoisotopic (exact) mass is 609 g/mol. The lowest BCUT2D eigenvalue weighted by molar-refractivity contribution is -0.142. The van der Waals surface area contributed by atoms with E-state index in [1.807, 2.05) is 31.2 Å². The van der Waals surface area contributed by atoms with E-state index in [2.05, 4.69) is 24.5 Å². The molecule has 0 saturated carbocycles. The Kier molecular flexibility index (Phi) is 15.8. The molecule has 0 heterocycles. The van der Waals surface area contributed by atoms with Crippen molar-refractivity contribution in [2.24, 2.45) is 0 Å². The fourth-order valence-corrected chi connectivity index (χ4v) is 5.14. The van der Waals surface area contributed by atoms with E-state index in [-0.39, 0.29) is 24.0 Å². The van der Waals surface area contributed by atoms with E-state index in [0.29, 0.717) is 13.1 Å². The Morgan fingerprint density at radius 1 is 0.886 bits per heavy atom. The Labute approximate surface area is 264 Å². The molecular formula is C36H55N3O5. The maximum Gasteiger partial charge on any atom is 0.408 e. The van der Waals surface area contributed by atoms with Crippen molar-refractivity contribution in [2.45, 2.75) is 123 Å². The Morgan fingerprint density at radius 2 is 1.52 bits per heavy atom. The summed E-state index contributed by atoms with van der Waals surface area (Å²) in [5.41, 5.74) is 1.73. The SMILES string of the molecule is CCCCCCCCN(C(=O)C(Cc1ccc(O)cc1)NC(=O)OC(C)(C)C)C(C(=O)NCCCCC)c1cccc(C)c1. The normalized spacial score (nSPS) is 12.7. The van der Waals surface area contributed by atoms with Crippen molar-refractivity contribution >= 4 is 17.9 Å². The number of unbranched alkanes of at least 4 members (excludes halogenated alkanes) is 7. The zero-order valence-corrected chi connectivity index (χ0v) is 27.8. The van der Waals surface area contributed by atoms with Gasteiger partial charge in [0, 0.05) is 19.5 Å². The molecule has 0 radical (unpaired) electrons. The van der Waals surface area contributed by atoms with Gasteiger partial charge in [0.2, 0.25) is 11.8 Å². The standard InChI is InChI=1S/C36H55N3O5/c1-7-9-11-12-13-15-24-39(32(29-18-16-17-27(3)25-29)33(41)37-23-14-10-8-2)34(42)31(38-35(43)44-36(4,5)6)26-28-19-21-30(40)22-20-28/h16-22,25,31-32,40H,7-15,23-24,26H2,1-6H3,(H,37,41)(H,38,43). The molecule has 3 N–H and O–H groups in total. The van der Waals surface area contributed by atoms with Crippen molar-refractivity contribution in [1.29, 1.82) is 0 Å². The number of carbonyl (C=O) groups is 3. The Bertz CT molecular complexity index is 1160. The van der Waals surface area contributed by atoms with Crippen LogP contribution < -0.4 is 10.6 Å². The average molecular weight is 610 g/mol. The highest BCUT2D eigenvalue weighted by molar-refractivity contribution is 5.92. The average Bonchev–Trinajstić information content (AvgIpc) is 2.96. The Hall–Kier alpha value is -3.55. The van der Waals surface area contributed by atoms with Gasteiger partial charge in [-0.3, -0.25) is 9.59 Å². The number of rotatable bonds is 18. The number of amides is 3. The molecule has 8 nitrogen and oxygen atoms in total. The molecule has 2 unspecified atom stereocenters. The smallest absolute Gasteiger partial charge is 0.408 e. The number of phenolic OH excluding ortho intramolecular Hbond substituents is 1. The fourth-order valence-electron chi connectivity index (χ4n) is 5.14. The number of phenols is 1. The van der Waals surface area contributed by atoms with Gasteiger partial charge in [-0.2, -0.15) is 0 Å². The van der Waals surface area contributed by atoms with Crippen molar-refractivity contribution in [1.82, 2.24) is 15.5 Å². The molecule has 44 heavy (non-hydrogen) atoms. The minimum Gasteiger partial charge on any atom is -0.508 e. The molecule has 244 valence electrons. The van der Waals surface area contributed by atoms with E-state index in [4.69, 9.17) is 4.74 Å². The topological polar surface area (TPSA) is 108 Å². The molecule has 0 aliphatic rings. The second-order valence-electron chi connectivity index (χ2n) is 12.7. The van der Waals surface area contributed by atoms with Crippen LogP contribution in [0.5, 0.6) is 5.75 Å². The van der Waals surface area contributed by atoms with Crippen molar-refractivity contribution in [2.75, 3.05) is 13.1 Å². The van der Waals surface area contributed by atoms with Gasteiger partial charge in [0.25, 0.3) is 0 Å². The molecule has 8 heteroatoms. The summed E-state index contributed by atoms with van der Waals surface area (Å²) in [5, 5.41) is 15.7. The van der Waals surface area contributed by atoms with Crippen molar-refractivity contribution in [3.05, 3.63) is 65.2 Å². The second-order valence-corrected chi connectivity index (χ2v) is 12.7. The van der Waals surface area contributed by atoms with Crippen LogP contribution in [0.2, 0.25) is 0 Å². The van der Waals surface area contributed by atoms with Crippen molar-refractivity contribution in [3.63, 3.8) is 0 Å². The number of carbonyl (C=O) groups excluding carboxylic acids is 3. The van der Waals surface area contributed by atoms with Gasteiger partial charge in [-0.05, 0) is 63.8 Å². The third-order valence-corrected chi connectivity index (χ3v) is 7.40. The lowest BCUT2D eigenvalue weighted by atomic mass is 9.98. The molecule has 2 rings (SSSR count). The van der Waals surface area contributed by atoms with Gasteiger partial charge in [-0.25, -0.2) is 4.79 Å². The predicted octanol–water partition coefficient (Wildman–Crippen LogP) is 7.37. The third-order valence-electron chi connectivity index (χ3n) is 7.40. The van der Waals surface area contributed by atoms with E-state index in [0.717, 1.165) is 68.1 Å². The lowest BCUT2D eigenvalue weighted by Gasteiger charge is -2.35. The fraction of sp³-hybridized carbons (Fsp3) is 0.583. The van der Waals surface area contributed by atoms with E-state index in [1.54, 1.807) is 49.9 Å². The second kappa shape index (κ2) is 19.0. The number of ether oxygens (including phenoxy) is 1. The first kappa shape index (κ1) is 36.6. The summed E-state index contributed by atoms with van der Waals surface area (Å²) in [6, 6.07) is 12.4. The Balaban J connectivity index is 2.50. The number of nitrogens with one attached hydrogen (secondary N) is 2. The number of hydrogen-bond acceptors (Lipinski definition) is 5. The lowest BCUT2D eigenvalue weighted by Crippen LogP contribution is -2.54. The quantitative estimate of drug-likeness (QED) is 0.153. The molecule has 0 fully saturated rings. The summed E-state index contributed by atoms with van der Waals surface area (Å²) in [4.78, 5) is 43.2. The highest BCUT2D eigenvalue weighted by Crippen LogP contribution is 2.26. The number of alkyl carbamates (subject to hydrolysis) is 1. The van der Waals surface area contributed by atoms with Gasteiger partial charge in [-0.1, -0.05) is 101 Å². The molecular weight excluding hydrogens is 554 g/mol. The Morgan fingerprint density at radius 3 is 2.16 bits per heavy atom. The summed E-state index contributed by atoms with van der Waals surface area (Å²) >= 11 is 0. The number of aromatic hydroxyl groups is 1. The summed E-state index contributed by atoms with van der Waals surface area (Å²) in [6.07, 6.45) is 8.54. The largest absolute Gasteiger partial charge is 0.508 e. The van der Waals surface area contributed by atoms with Gasteiger partial charge in [0.15, 0.2) is 0 Å². The van der Waals surface area contributed by atoms with Crippen molar-refractivity contribution in [3.8, 4) is 5.75 Å². The molecule has 2 aromatic carbocycles. The van der Waals surface area contributed by atoms with Gasteiger partial charge in [0.05, 0.1) is 0 Å². The maximum atomic E-state index is 14.6. The predicted molar refractivity (Wildman–Crippen MR) is 177 cm³/mol. The minimum absolute atomic E-state index is 0.112. The van der Waals surface area contributed by atoms with Crippen LogP contribution >= 0.6 is 0 Å². The van der Waals surface area contributed by atoms with E-state index in [1.165, 1.54) is 6.42 Å². The third kappa shape index (κ3) is 13.4. The van der Waals surface area contributed by atoms with Gasteiger partial charge >= 0.3 is 6.09 Å². The summed E-state index contributed by atoms with van der Waals surface area (Å²) < 4.78 is 5.54. The molecule has 0 aliphatic carbocycles. The van der Waals surface area contributed by atoms with Gasteiger partial charge in [0.1, 0.15) is 23.4 Å². The maximum absolute atomic E-state index is 14.6. The zero-order chi connectivity index (χ0) is 32.5. The van der Waals surface area contributed by atoms with Gasteiger partial charge in [-0.15, -0.1) is 0 Å². The first-order valence-electron chi connectivity index (χ1n) is 16.4. The summed E-state index contributed by atoms with van der Waals surface area (Å²) in [6.45, 7) is 12.5. The van der Waals surface area contributed by atoms with Crippen molar-refractivity contribution < 1.29 is 24.2 Å². The summed E-state index contributed by atoms with van der Waals surface area (Å²) in [5.74, 6) is -0.472. The minimum atomic E-state index is -0.991. The molecule has 2 aromatic rings. The molecule has 3 amide bonds. The van der Waals surface area contributed by atoms with Crippen LogP contribution in [0.15, 0.2) is 48.5 Å². The number of benzene rings is 2. The number of aryl methyl sites for hydroxylation is 1. The zero-order valence-electron chi connectivity index (χ0n) is 27.8.